The van der Waals surface area contributed by atoms with Gasteiger partial charge in [-0.3, -0.25) is 14.4 Å². The van der Waals surface area contributed by atoms with Crippen molar-refractivity contribution in [3.05, 3.63) is 53.8 Å². The molecule has 0 saturated carbocycles. The number of fused-ring (bicyclic) bond motifs is 2. The van der Waals surface area contributed by atoms with Crippen molar-refractivity contribution in [3.8, 4) is 0 Å². The largest absolute Gasteiger partial charge is 0.340 e. The maximum Gasteiger partial charge on any atom is 0.254 e. The molecule has 7 nitrogen and oxygen atoms in total. The SMILES string of the molecule is O=C(CCC1NC(=O)c2ccccc2NC1=O)Nc1nc2ccc(F)cc2s1. The van der Waals surface area contributed by atoms with E-state index in [9.17, 15) is 18.8 Å². The van der Waals surface area contributed by atoms with Gasteiger partial charge in [0.05, 0.1) is 21.5 Å². The molecule has 9 heteroatoms. The van der Waals surface area contributed by atoms with Crippen LogP contribution in [0.25, 0.3) is 10.2 Å². The molecular weight excluding hydrogens is 383 g/mol. The lowest BCUT2D eigenvalue weighted by atomic mass is 10.1. The first-order valence-corrected chi connectivity index (χ1v) is 9.38. The summed E-state index contributed by atoms with van der Waals surface area (Å²) in [6.45, 7) is 0. The molecule has 0 saturated heterocycles. The number of hydrogen-bond donors (Lipinski definition) is 3. The number of benzene rings is 2. The fourth-order valence-electron chi connectivity index (χ4n) is 2.92. The van der Waals surface area contributed by atoms with E-state index in [0.29, 0.717) is 26.6 Å². The number of rotatable bonds is 4. The number of para-hydroxylation sites is 1. The van der Waals surface area contributed by atoms with Crippen LogP contribution in [0.1, 0.15) is 23.2 Å². The van der Waals surface area contributed by atoms with Crippen molar-refractivity contribution in [3.63, 3.8) is 0 Å². The fourth-order valence-corrected chi connectivity index (χ4v) is 3.83. The summed E-state index contributed by atoms with van der Waals surface area (Å²) in [7, 11) is 0. The molecule has 0 spiro atoms. The molecule has 2 heterocycles. The summed E-state index contributed by atoms with van der Waals surface area (Å²) in [5.74, 6) is -1.46. The van der Waals surface area contributed by atoms with Crippen LogP contribution in [0.3, 0.4) is 0 Å². The maximum absolute atomic E-state index is 13.3. The molecule has 0 aliphatic carbocycles. The minimum atomic E-state index is -0.824. The van der Waals surface area contributed by atoms with Crippen molar-refractivity contribution < 1.29 is 18.8 Å². The van der Waals surface area contributed by atoms with Crippen LogP contribution >= 0.6 is 11.3 Å². The summed E-state index contributed by atoms with van der Waals surface area (Å²) in [4.78, 5) is 41.1. The van der Waals surface area contributed by atoms with Crippen LogP contribution in [-0.2, 0) is 9.59 Å². The Hall–Kier alpha value is -3.33. The van der Waals surface area contributed by atoms with Crippen LogP contribution in [0.5, 0.6) is 0 Å². The molecule has 0 fully saturated rings. The van der Waals surface area contributed by atoms with Crippen LogP contribution in [-0.4, -0.2) is 28.7 Å². The highest BCUT2D eigenvalue weighted by Gasteiger charge is 2.27. The lowest BCUT2D eigenvalue weighted by Gasteiger charge is -2.13. The van der Waals surface area contributed by atoms with E-state index >= 15 is 0 Å². The van der Waals surface area contributed by atoms with E-state index in [1.165, 1.54) is 23.5 Å². The van der Waals surface area contributed by atoms with Crippen molar-refractivity contribution >= 4 is 50.1 Å². The van der Waals surface area contributed by atoms with Crippen LogP contribution in [0.2, 0.25) is 0 Å². The third kappa shape index (κ3) is 3.70. The maximum atomic E-state index is 13.3. The van der Waals surface area contributed by atoms with Gasteiger partial charge in [0, 0.05) is 6.42 Å². The van der Waals surface area contributed by atoms with Gasteiger partial charge >= 0.3 is 0 Å². The molecule has 1 aliphatic rings. The third-order valence-corrected chi connectivity index (χ3v) is 5.24. The van der Waals surface area contributed by atoms with E-state index < -0.39 is 6.04 Å². The zero-order valence-corrected chi connectivity index (χ0v) is 15.3. The minimum absolute atomic E-state index is 0.0129. The molecule has 3 N–H and O–H groups in total. The molecule has 3 aromatic rings. The average molecular weight is 398 g/mol. The van der Waals surface area contributed by atoms with Crippen molar-refractivity contribution in [2.45, 2.75) is 18.9 Å². The van der Waals surface area contributed by atoms with Gasteiger partial charge < -0.3 is 16.0 Å². The van der Waals surface area contributed by atoms with E-state index in [0.717, 1.165) is 0 Å². The number of carbonyl (C=O) groups is 3. The monoisotopic (exact) mass is 398 g/mol. The fraction of sp³-hybridized carbons (Fsp3) is 0.158. The number of nitrogens with one attached hydrogen (secondary N) is 3. The quantitative estimate of drug-likeness (QED) is 0.629. The first kappa shape index (κ1) is 18.1. The number of nitrogens with zero attached hydrogens (tertiary/aromatic N) is 1. The molecular formula is C19H15FN4O3S. The van der Waals surface area contributed by atoms with Crippen molar-refractivity contribution in [1.29, 1.82) is 0 Å². The van der Waals surface area contributed by atoms with Crippen molar-refractivity contribution in [2.24, 2.45) is 0 Å². The highest BCUT2D eigenvalue weighted by molar-refractivity contribution is 7.22. The molecule has 3 amide bonds. The summed E-state index contributed by atoms with van der Waals surface area (Å²) >= 11 is 1.17. The van der Waals surface area contributed by atoms with Crippen LogP contribution in [0.4, 0.5) is 15.2 Å². The van der Waals surface area contributed by atoms with E-state index in [1.807, 2.05) is 0 Å². The molecule has 142 valence electrons. The van der Waals surface area contributed by atoms with Gasteiger partial charge in [-0.25, -0.2) is 9.37 Å². The van der Waals surface area contributed by atoms with E-state index in [4.69, 9.17) is 0 Å². The summed E-state index contributed by atoms with van der Waals surface area (Å²) in [6, 6.07) is 10.1. The molecule has 1 atom stereocenters. The van der Waals surface area contributed by atoms with Gasteiger partial charge in [-0.2, -0.15) is 0 Å². The number of halogens is 1. The smallest absolute Gasteiger partial charge is 0.254 e. The van der Waals surface area contributed by atoms with Crippen LogP contribution in [0.15, 0.2) is 42.5 Å². The average Bonchev–Trinajstić information content (AvgIpc) is 3.00. The van der Waals surface area contributed by atoms with Gasteiger partial charge in [0.15, 0.2) is 5.13 Å². The second-order valence-corrected chi connectivity index (χ2v) is 7.31. The normalized spacial score (nSPS) is 16.1. The Labute approximate surface area is 163 Å². The molecule has 1 aliphatic heterocycles. The van der Waals surface area contributed by atoms with Gasteiger partial charge in [0.2, 0.25) is 11.8 Å². The molecule has 28 heavy (non-hydrogen) atoms. The Morgan fingerprint density at radius 3 is 2.89 bits per heavy atom. The third-order valence-electron chi connectivity index (χ3n) is 4.31. The van der Waals surface area contributed by atoms with Crippen LogP contribution < -0.4 is 16.0 Å². The Morgan fingerprint density at radius 2 is 2.04 bits per heavy atom. The summed E-state index contributed by atoms with van der Waals surface area (Å²) < 4.78 is 13.9. The second kappa shape index (κ2) is 7.35. The number of aromatic nitrogens is 1. The first-order chi connectivity index (χ1) is 13.5. The minimum Gasteiger partial charge on any atom is -0.340 e. The Balaban J connectivity index is 1.39. The predicted octanol–water partition coefficient (Wildman–Crippen LogP) is 2.90. The van der Waals surface area contributed by atoms with Crippen molar-refractivity contribution in [2.75, 3.05) is 10.6 Å². The zero-order valence-electron chi connectivity index (χ0n) is 14.5. The van der Waals surface area contributed by atoms with Gasteiger partial charge in [-0.1, -0.05) is 23.5 Å². The van der Waals surface area contributed by atoms with Crippen LogP contribution in [0, 0.1) is 5.82 Å². The van der Waals surface area contributed by atoms with Gasteiger partial charge in [-0.05, 0) is 36.8 Å². The predicted molar refractivity (Wildman–Crippen MR) is 104 cm³/mol. The number of amides is 3. The molecule has 0 radical (unpaired) electrons. The molecule has 0 bridgehead atoms. The van der Waals surface area contributed by atoms with Gasteiger partial charge in [0.25, 0.3) is 5.91 Å². The summed E-state index contributed by atoms with van der Waals surface area (Å²) in [6.07, 6.45) is 0.149. The lowest BCUT2D eigenvalue weighted by molar-refractivity contribution is -0.118. The second-order valence-electron chi connectivity index (χ2n) is 6.28. The van der Waals surface area contributed by atoms with Gasteiger partial charge in [-0.15, -0.1) is 0 Å². The number of hydrogen-bond acceptors (Lipinski definition) is 5. The number of thiazole rings is 1. The van der Waals surface area contributed by atoms with E-state index in [-0.39, 0.29) is 36.4 Å². The number of carbonyl (C=O) groups excluding carboxylic acids is 3. The highest BCUT2D eigenvalue weighted by atomic mass is 32.1. The molecule has 2 aromatic carbocycles. The van der Waals surface area contributed by atoms with E-state index in [2.05, 4.69) is 20.9 Å². The standard InChI is InChI=1S/C19H15FN4O3S/c20-10-5-6-13-15(9-10)28-19(23-13)24-16(25)8-7-14-18(27)21-12-4-2-1-3-11(12)17(26)22-14/h1-6,9,14H,7-8H2,(H,21,27)(H,22,26)(H,23,24,25). The Bertz CT molecular complexity index is 1100. The summed E-state index contributed by atoms with van der Waals surface area (Å²) in [5.41, 5.74) is 1.41. The number of anilines is 2. The Kier molecular flexibility index (Phi) is 4.74. The van der Waals surface area contributed by atoms with Gasteiger partial charge in [0.1, 0.15) is 11.9 Å². The molecule has 1 unspecified atom stereocenters. The first-order valence-electron chi connectivity index (χ1n) is 8.56. The molecule has 1 aromatic heterocycles. The Morgan fingerprint density at radius 1 is 1.21 bits per heavy atom. The van der Waals surface area contributed by atoms with E-state index in [1.54, 1.807) is 30.3 Å². The topological polar surface area (TPSA) is 100 Å². The zero-order chi connectivity index (χ0) is 19.7. The lowest BCUT2D eigenvalue weighted by Crippen LogP contribution is -2.41. The van der Waals surface area contributed by atoms with Crippen molar-refractivity contribution in [1.82, 2.24) is 10.3 Å². The summed E-state index contributed by atoms with van der Waals surface area (Å²) in [5, 5.41) is 8.35. The molecule has 4 rings (SSSR count). The highest BCUT2D eigenvalue weighted by Crippen LogP contribution is 2.26.